The number of nitrogens with one attached hydrogen (secondary N) is 1. The predicted octanol–water partition coefficient (Wildman–Crippen LogP) is 3.27. The second-order valence-corrected chi connectivity index (χ2v) is 7.73. The Morgan fingerprint density at radius 3 is 2.67 bits per heavy atom. The smallest absolute Gasteiger partial charge is 0.226 e. The average Bonchev–Trinajstić information content (AvgIpc) is 3.34. The number of amides is 2. The van der Waals surface area contributed by atoms with Gasteiger partial charge in [0.15, 0.2) is 0 Å². The number of fused-ring (bicyclic) bond motifs is 1. The van der Waals surface area contributed by atoms with Crippen molar-refractivity contribution in [2.75, 3.05) is 19.6 Å². The number of H-pyrrole nitrogens is 1. The van der Waals surface area contributed by atoms with Crippen LogP contribution in [0.15, 0.2) is 24.3 Å². The van der Waals surface area contributed by atoms with Crippen LogP contribution in [0.4, 0.5) is 0 Å². The van der Waals surface area contributed by atoms with Crippen LogP contribution in [0.3, 0.4) is 0 Å². The van der Waals surface area contributed by atoms with Crippen LogP contribution in [0.2, 0.25) is 0 Å². The van der Waals surface area contributed by atoms with Gasteiger partial charge in [0.2, 0.25) is 11.8 Å². The molecule has 2 aliphatic rings. The molecule has 0 spiro atoms. The molecule has 1 N–H and O–H groups in total. The molecule has 6 heteroatoms. The zero-order valence-electron chi connectivity index (χ0n) is 16.0. The number of likely N-dealkylation sites (tertiary alicyclic amines) is 2. The third-order valence-corrected chi connectivity index (χ3v) is 5.92. The molecule has 2 saturated heterocycles. The molecular weight excluding hydrogens is 340 g/mol. The summed E-state index contributed by atoms with van der Waals surface area (Å²) < 4.78 is 0. The quantitative estimate of drug-likeness (QED) is 0.900. The average molecular weight is 368 g/mol. The molecular formula is C21H28N4O2. The first-order valence-electron chi connectivity index (χ1n) is 10.2. The van der Waals surface area contributed by atoms with Crippen molar-refractivity contribution < 1.29 is 9.59 Å². The molecule has 3 heterocycles. The van der Waals surface area contributed by atoms with E-state index in [9.17, 15) is 9.59 Å². The first kappa shape index (κ1) is 18.0. The number of piperidine rings is 1. The number of nitrogens with zero attached hydrogens (tertiary/aromatic N) is 3. The number of hydrogen-bond acceptors (Lipinski definition) is 3. The summed E-state index contributed by atoms with van der Waals surface area (Å²) in [6.07, 6.45) is 5.01. The molecule has 2 fully saturated rings. The molecule has 4 rings (SSSR count). The van der Waals surface area contributed by atoms with Gasteiger partial charge in [-0.3, -0.25) is 9.59 Å². The summed E-state index contributed by atoms with van der Waals surface area (Å²) in [5.74, 6) is 1.39. The van der Waals surface area contributed by atoms with Gasteiger partial charge < -0.3 is 14.8 Å². The van der Waals surface area contributed by atoms with E-state index in [-0.39, 0.29) is 23.8 Å². The largest absolute Gasteiger partial charge is 0.343 e. The van der Waals surface area contributed by atoms with Crippen LogP contribution in [0.1, 0.15) is 57.3 Å². The molecule has 6 nitrogen and oxygen atoms in total. The van der Waals surface area contributed by atoms with Gasteiger partial charge in [0.1, 0.15) is 5.82 Å². The first-order chi connectivity index (χ1) is 13.2. The van der Waals surface area contributed by atoms with Crippen molar-refractivity contribution in [2.24, 2.45) is 5.92 Å². The Morgan fingerprint density at radius 2 is 1.93 bits per heavy atom. The monoisotopic (exact) mass is 368 g/mol. The van der Waals surface area contributed by atoms with Crippen molar-refractivity contribution in [3.8, 4) is 0 Å². The van der Waals surface area contributed by atoms with E-state index in [2.05, 4.69) is 4.98 Å². The minimum absolute atomic E-state index is 0.0284. The summed E-state index contributed by atoms with van der Waals surface area (Å²) in [6.45, 7) is 4.24. The number of aromatic nitrogens is 2. The summed E-state index contributed by atoms with van der Waals surface area (Å²) in [5, 5.41) is 0. The topological polar surface area (TPSA) is 69.3 Å². The Balaban J connectivity index is 1.43. The fourth-order valence-corrected chi connectivity index (χ4v) is 4.43. The number of aromatic amines is 1. The maximum Gasteiger partial charge on any atom is 0.226 e. The minimum Gasteiger partial charge on any atom is -0.343 e. The zero-order chi connectivity index (χ0) is 18.8. The van der Waals surface area contributed by atoms with Gasteiger partial charge in [-0.05, 0) is 44.2 Å². The number of para-hydroxylation sites is 2. The molecule has 2 amide bonds. The maximum atomic E-state index is 13.2. The number of rotatable bonds is 4. The molecule has 1 aromatic heterocycles. The molecule has 0 aliphatic carbocycles. The molecule has 1 aromatic carbocycles. The Kier molecular flexibility index (Phi) is 5.14. The van der Waals surface area contributed by atoms with Crippen molar-refractivity contribution in [3.05, 3.63) is 30.1 Å². The van der Waals surface area contributed by atoms with Crippen molar-refractivity contribution in [3.63, 3.8) is 0 Å². The molecule has 1 unspecified atom stereocenters. The molecule has 2 aliphatic heterocycles. The minimum atomic E-state index is 0.0284. The lowest BCUT2D eigenvalue weighted by Gasteiger charge is -2.34. The highest BCUT2D eigenvalue weighted by atomic mass is 16.2. The summed E-state index contributed by atoms with van der Waals surface area (Å²) >= 11 is 0. The van der Waals surface area contributed by atoms with Gasteiger partial charge in [-0.15, -0.1) is 0 Å². The van der Waals surface area contributed by atoms with Crippen molar-refractivity contribution >= 4 is 22.8 Å². The molecule has 27 heavy (non-hydrogen) atoms. The van der Waals surface area contributed by atoms with Gasteiger partial charge in [0.05, 0.1) is 17.1 Å². The van der Waals surface area contributed by atoms with Gasteiger partial charge in [0, 0.05) is 32.0 Å². The van der Waals surface area contributed by atoms with Gasteiger partial charge in [-0.1, -0.05) is 19.1 Å². The Hall–Kier alpha value is -2.37. The predicted molar refractivity (Wildman–Crippen MR) is 104 cm³/mol. The number of carbonyl (C=O) groups is 2. The lowest BCUT2D eigenvalue weighted by atomic mass is 9.94. The molecule has 0 saturated carbocycles. The van der Waals surface area contributed by atoms with Crippen LogP contribution in [-0.2, 0) is 9.59 Å². The van der Waals surface area contributed by atoms with Crippen molar-refractivity contribution in [1.29, 1.82) is 0 Å². The summed E-state index contributed by atoms with van der Waals surface area (Å²) in [4.78, 5) is 37.3. The zero-order valence-corrected chi connectivity index (χ0v) is 16.0. The van der Waals surface area contributed by atoms with Gasteiger partial charge in [-0.25, -0.2) is 4.98 Å². The van der Waals surface area contributed by atoms with Crippen LogP contribution in [0.5, 0.6) is 0 Å². The number of benzene rings is 1. The molecule has 2 aromatic rings. The fraction of sp³-hybridized carbons (Fsp3) is 0.571. The lowest BCUT2D eigenvalue weighted by molar-refractivity contribution is -0.141. The number of hydrogen-bond donors (Lipinski definition) is 1. The highest BCUT2D eigenvalue weighted by Crippen LogP contribution is 2.34. The van der Waals surface area contributed by atoms with E-state index in [1.807, 2.05) is 41.0 Å². The summed E-state index contributed by atoms with van der Waals surface area (Å²) in [5.41, 5.74) is 1.98. The first-order valence-corrected chi connectivity index (χ1v) is 10.2. The second kappa shape index (κ2) is 7.71. The Labute approximate surface area is 159 Å². The summed E-state index contributed by atoms with van der Waals surface area (Å²) in [7, 11) is 0. The SMILES string of the molecule is CCCC(=O)N1CCC(C(=O)N2CCCC2c2nc3ccccc3[nH]2)CC1. The molecule has 0 bridgehead atoms. The van der Waals surface area contributed by atoms with Crippen LogP contribution >= 0.6 is 0 Å². The van der Waals surface area contributed by atoms with Gasteiger partial charge in [0.25, 0.3) is 0 Å². The highest BCUT2D eigenvalue weighted by molar-refractivity contribution is 5.81. The van der Waals surface area contributed by atoms with Crippen molar-refractivity contribution in [1.82, 2.24) is 19.8 Å². The summed E-state index contributed by atoms with van der Waals surface area (Å²) in [6, 6.07) is 8.05. The Morgan fingerprint density at radius 1 is 1.15 bits per heavy atom. The van der Waals surface area contributed by atoms with E-state index >= 15 is 0 Å². The van der Waals surface area contributed by atoms with Gasteiger partial charge >= 0.3 is 0 Å². The standard InChI is InChI=1S/C21H28N4O2/c1-2-6-19(26)24-13-10-15(11-14-24)21(27)25-12-5-9-18(25)20-22-16-7-3-4-8-17(16)23-20/h3-4,7-8,15,18H,2,5-6,9-14H2,1H3,(H,22,23). The fourth-order valence-electron chi connectivity index (χ4n) is 4.43. The van der Waals surface area contributed by atoms with E-state index in [0.717, 1.165) is 55.5 Å². The van der Waals surface area contributed by atoms with E-state index in [1.165, 1.54) is 0 Å². The van der Waals surface area contributed by atoms with Gasteiger partial charge in [-0.2, -0.15) is 0 Å². The van der Waals surface area contributed by atoms with E-state index in [1.54, 1.807) is 0 Å². The Bertz CT molecular complexity index is 789. The number of imidazole rings is 1. The van der Waals surface area contributed by atoms with Crippen molar-refractivity contribution in [2.45, 2.75) is 51.5 Å². The van der Waals surface area contributed by atoms with E-state index in [0.29, 0.717) is 19.5 Å². The number of carbonyl (C=O) groups excluding carboxylic acids is 2. The third kappa shape index (κ3) is 3.57. The van der Waals surface area contributed by atoms with Crippen LogP contribution < -0.4 is 0 Å². The van der Waals surface area contributed by atoms with E-state index < -0.39 is 0 Å². The normalized spacial score (nSPS) is 21.1. The maximum absolute atomic E-state index is 13.2. The van der Waals surface area contributed by atoms with Crippen LogP contribution in [0.25, 0.3) is 11.0 Å². The highest BCUT2D eigenvalue weighted by Gasteiger charge is 2.37. The second-order valence-electron chi connectivity index (χ2n) is 7.73. The lowest BCUT2D eigenvalue weighted by Crippen LogP contribution is -2.44. The van der Waals surface area contributed by atoms with E-state index in [4.69, 9.17) is 4.98 Å². The van der Waals surface area contributed by atoms with Crippen LogP contribution in [0, 0.1) is 5.92 Å². The third-order valence-electron chi connectivity index (χ3n) is 5.92. The molecule has 144 valence electrons. The van der Waals surface area contributed by atoms with Crippen LogP contribution in [-0.4, -0.2) is 51.2 Å². The molecule has 1 atom stereocenters. The molecule has 0 radical (unpaired) electrons.